The van der Waals surface area contributed by atoms with E-state index in [-0.39, 0.29) is 95.9 Å². The van der Waals surface area contributed by atoms with Crippen LogP contribution >= 0.6 is 39.1 Å². The lowest BCUT2D eigenvalue weighted by molar-refractivity contribution is -0.138. The topological polar surface area (TPSA) is 187 Å². The van der Waals surface area contributed by atoms with E-state index in [9.17, 15) is 46.3 Å². The lowest BCUT2D eigenvalue weighted by Crippen LogP contribution is -2.45. The second-order valence-corrected chi connectivity index (χ2v) is 24.2. The molecule has 24 heteroatoms. The summed E-state index contributed by atoms with van der Waals surface area (Å²) in [5.41, 5.74) is 4.01. The van der Waals surface area contributed by atoms with Gasteiger partial charge < -0.3 is 38.9 Å². The Labute approximate surface area is 526 Å². The molecule has 0 saturated carbocycles. The molecular formula is C64H66BBrCl2F4N8O8. The molecule has 5 heterocycles. The number of nitrogens with zero attached hydrogens (tertiary/aromatic N) is 6. The number of nitrogens with one attached hydrogen (secondary N) is 2. The Kier molecular flexibility index (Phi) is 22.4. The Balaban J connectivity index is 0.000000203. The summed E-state index contributed by atoms with van der Waals surface area (Å²) >= 11 is 15.0. The maximum atomic E-state index is 14.1. The number of amides is 4. The van der Waals surface area contributed by atoms with Gasteiger partial charge in [0.05, 0.1) is 34.3 Å². The van der Waals surface area contributed by atoms with Crippen LogP contribution < -0.4 is 16.1 Å². The summed E-state index contributed by atoms with van der Waals surface area (Å²) in [7, 11) is -0.525. The zero-order valence-electron chi connectivity index (χ0n) is 50.1. The van der Waals surface area contributed by atoms with Crippen molar-refractivity contribution in [2.24, 2.45) is 0 Å². The smallest absolute Gasteiger partial charge is 0.399 e. The normalized spacial score (nSPS) is 13.2. The standard InChI is InChI=1S/C29H27ClF2N4O3.C24H24BrClFN3O3.C11H15BFNO2/c1-17(2)36(15-27(38)34-13-21-5-4-6-24(30)29(21)32)28(39)16-35-14-23(18(3)37)22-11-19(7-8-25(22)35)20-9-10-33-26(31)12-20;1-14(2)30(12-22(32)28-10-16-5-4-6-20(26)24(16)27)23(33)13-29-11-19(15(3)31)18-9-17(25)7-8-21(18)29;1-10(2)11(3,4)16-12(15-10)8-5-6-14-9(13)7-8/h4-12,14,17H,13,15-16H2,1-3H3,(H,34,38);4-9,11,14H,10,12-13H2,1-3H3,(H,28,32);5-7H,1-4H3. The monoisotopic (exact) mass is 1310 g/mol. The third-order valence-electron chi connectivity index (χ3n) is 15.0. The van der Waals surface area contributed by atoms with Gasteiger partial charge in [0.1, 0.15) is 24.7 Å². The predicted molar refractivity (Wildman–Crippen MR) is 335 cm³/mol. The van der Waals surface area contributed by atoms with Crippen LogP contribution in [0.1, 0.15) is 101 Å². The first-order valence-electron chi connectivity index (χ1n) is 27.9. The number of fused-ring (bicyclic) bond motifs is 2. The Bertz CT molecular complexity index is 3920. The molecule has 0 spiro atoms. The lowest BCUT2D eigenvalue weighted by Gasteiger charge is -2.32. The summed E-state index contributed by atoms with van der Waals surface area (Å²) in [5, 5.41) is 6.59. The Hall–Kier alpha value is -7.76. The number of carbonyl (C=O) groups is 6. The number of rotatable bonds is 18. The molecule has 16 nitrogen and oxygen atoms in total. The molecule has 0 radical (unpaired) electrons. The van der Waals surface area contributed by atoms with Crippen LogP contribution in [0.25, 0.3) is 32.9 Å². The van der Waals surface area contributed by atoms with Crippen LogP contribution in [-0.4, -0.2) is 108 Å². The Morgan fingerprint density at radius 2 is 1.03 bits per heavy atom. The number of carbonyl (C=O) groups excluding carboxylic acids is 6. The largest absolute Gasteiger partial charge is 0.495 e. The van der Waals surface area contributed by atoms with E-state index in [1.54, 1.807) is 77.8 Å². The molecule has 4 aromatic heterocycles. The van der Waals surface area contributed by atoms with Crippen molar-refractivity contribution in [2.45, 2.75) is 119 Å². The highest BCUT2D eigenvalue weighted by Crippen LogP contribution is 2.37. The van der Waals surface area contributed by atoms with Gasteiger partial charge in [0.15, 0.2) is 11.6 Å². The Morgan fingerprint density at radius 1 is 0.602 bits per heavy atom. The first kappa shape index (κ1) is 67.7. The van der Waals surface area contributed by atoms with Crippen LogP contribution in [0.4, 0.5) is 17.6 Å². The van der Waals surface area contributed by atoms with Crippen molar-refractivity contribution in [3.63, 3.8) is 0 Å². The molecule has 4 amide bonds. The molecule has 8 aromatic rings. The van der Waals surface area contributed by atoms with Crippen LogP contribution in [0.3, 0.4) is 0 Å². The SMILES string of the molecule is CC(=O)c1cn(CC(=O)N(CC(=O)NCc2cccc(Cl)c2F)C(C)C)c2ccc(-c3ccnc(F)c3)cc12.CC(=O)c1cn(CC(=O)N(CC(=O)NCc2cccc(Cl)c2F)C(C)C)c2ccc(Br)cc12.CC1(C)OB(c2ccnc(F)c2)OC1(C)C. The molecule has 9 rings (SSSR count). The molecule has 88 heavy (non-hydrogen) atoms. The minimum atomic E-state index is -0.613. The van der Waals surface area contributed by atoms with E-state index >= 15 is 0 Å². The summed E-state index contributed by atoms with van der Waals surface area (Å²) in [6.07, 6.45) is 6.06. The highest BCUT2D eigenvalue weighted by molar-refractivity contribution is 9.10. The summed E-state index contributed by atoms with van der Waals surface area (Å²) in [6.45, 7) is 17.3. The maximum absolute atomic E-state index is 14.1. The third-order valence-corrected chi connectivity index (χ3v) is 16.0. The molecule has 1 aliphatic heterocycles. The van der Waals surface area contributed by atoms with Crippen molar-refractivity contribution in [3.8, 4) is 11.1 Å². The fourth-order valence-corrected chi connectivity index (χ4v) is 10.2. The quantitative estimate of drug-likeness (QED) is 0.0362. The van der Waals surface area contributed by atoms with Gasteiger partial charge in [-0.05, 0) is 146 Å². The van der Waals surface area contributed by atoms with E-state index in [1.165, 1.54) is 72.4 Å². The molecule has 1 fully saturated rings. The predicted octanol–water partition coefficient (Wildman–Crippen LogP) is 11.9. The molecule has 0 atom stereocenters. The van der Waals surface area contributed by atoms with Gasteiger partial charge in [-0.1, -0.05) is 69.5 Å². The average molecular weight is 1310 g/mol. The van der Waals surface area contributed by atoms with Crippen LogP contribution in [0, 0.1) is 23.5 Å². The molecule has 0 aliphatic carbocycles. The van der Waals surface area contributed by atoms with Gasteiger partial charge in [0.2, 0.25) is 35.5 Å². The average Bonchev–Trinajstić information content (AvgIpc) is 1.87. The number of halogens is 7. The van der Waals surface area contributed by atoms with E-state index < -0.39 is 53.7 Å². The van der Waals surface area contributed by atoms with E-state index in [0.717, 1.165) is 15.4 Å². The van der Waals surface area contributed by atoms with E-state index in [1.807, 2.05) is 59.7 Å². The van der Waals surface area contributed by atoms with Crippen molar-refractivity contribution < 1.29 is 55.6 Å². The number of hydrogen-bond donors (Lipinski definition) is 2. The van der Waals surface area contributed by atoms with Crippen molar-refractivity contribution >= 4 is 109 Å². The molecule has 0 unspecified atom stereocenters. The third kappa shape index (κ3) is 16.7. The summed E-state index contributed by atoms with van der Waals surface area (Å²) in [4.78, 5) is 86.0. The zero-order valence-corrected chi connectivity index (χ0v) is 53.2. The molecule has 4 aromatic carbocycles. The van der Waals surface area contributed by atoms with Crippen molar-refractivity contribution in [1.29, 1.82) is 0 Å². The molecule has 1 saturated heterocycles. The first-order chi connectivity index (χ1) is 41.4. The fraction of sp³-hybridized carbons (Fsp3) is 0.312. The summed E-state index contributed by atoms with van der Waals surface area (Å²) < 4.78 is 70.6. The van der Waals surface area contributed by atoms with Gasteiger partial charge in [-0.15, -0.1) is 0 Å². The number of hydrogen-bond acceptors (Lipinski definition) is 10. The highest BCUT2D eigenvalue weighted by Gasteiger charge is 2.51. The number of pyridine rings is 2. The zero-order chi connectivity index (χ0) is 64.5. The van der Waals surface area contributed by atoms with Crippen molar-refractivity contribution in [3.05, 3.63) is 182 Å². The van der Waals surface area contributed by atoms with Crippen LogP contribution in [-0.2, 0) is 54.7 Å². The summed E-state index contributed by atoms with van der Waals surface area (Å²) in [6, 6.07) is 25.4. The van der Waals surface area contributed by atoms with E-state index in [4.69, 9.17) is 32.5 Å². The van der Waals surface area contributed by atoms with Crippen LogP contribution in [0.5, 0.6) is 0 Å². The molecule has 2 N–H and O–H groups in total. The minimum absolute atomic E-state index is 0.0170. The lowest BCUT2D eigenvalue weighted by atomic mass is 9.80. The van der Waals surface area contributed by atoms with Gasteiger partial charge >= 0.3 is 7.12 Å². The van der Waals surface area contributed by atoms with Gasteiger partial charge in [0.25, 0.3) is 0 Å². The summed E-state index contributed by atoms with van der Waals surface area (Å²) in [5.74, 6) is -4.07. The fourth-order valence-electron chi connectivity index (χ4n) is 9.46. The molecular weight excluding hydrogens is 1250 g/mol. The van der Waals surface area contributed by atoms with Crippen molar-refractivity contribution in [1.82, 2.24) is 39.5 Å². The number of ketones is 2. The minimum Gasteiger partial charge on any atom is -0.399 e. The number of benzene rings is 4. The molecule has 0 bridgehead atoms. The maximum Gasteiger partial charge on any atom is 0.495 e. The van der Waals surface area contributed by atoms with Gasteiger partial charge in [-0.3, -0.25) is 28.8 Å². The molecule has 462 valence electrons. The number of aromatic nitrogens is 4. The van der Waals surface area contributed by atoms with Gasteiger partial charge in [-0.2, -0.15) is 8.78 Å². The number of Topliss-reactive ketones (excluding diaryl/α,β-unsaturated/α-hetero) is 2. The second-order valence-electron chi connectivity index (χ2n) is 22.4. The van der Waals surface area contributed by atoms with E-state index in [0.29, 0.717) is 38.6 Å². The second kappa shape index (κ2) is 29.0. The van der Waals surface area contributed by atoms with Crippen molar-refractivity contribution in [2.75, 3.05) is 13.1 Å². The molecule has 1 aliphatic rings. The Morgan fingerprint density at radius 3 is 1.48 bits per heavy atom. The van der Waals surface area contributed by atoms with E-state index in [2.05, 4.69) is 36.5 Å². The first-order valence-corrected chi connectivity index (χ1v) is 29.5. The van der Waals surface area contributed by atoms with Crippen LogP contribution in [0.2, 0.25) is 10.0 Å². The van der Waals surface area contributed by atoms with Crippen LogP contribution in [0.15, 0.2) is 126 Å². The highest BCUT2D eigenvalue weighted by atomic mass is 79.9. The van der Waals surface area contributed by atoms with Gasteiger partial charge in [0, 0.05) is 105 Å². The van der Waals surface area contributed by atoms with Gasteiger partial charge in [-0.25, -0.2) is 18.7 Å².